The largest absolute Gasteiger partial charge is 0.351 e. The van der Waals surface area contributed by atoms with Gasteiger partial charge in [-0.2, -0.15) is 4.98 Å². The lowest BCUT2D eigenvalue weighted by Gasteiger charge is -2.05. The first kappa shape index (κ1) is 18.2. The van der Waals surface area contributed by atoms with Crippen LogP contribution in [0.25, 0.3) is 11.4 Å². The van der Waals surface area contributed by atoms with Crippen molar-refractivity contribution in [1.29, 1.82) is 0 Å². The van der Waals surface area contributed by atoms with Crippen LogP contribution in [0.2, 0.25) is 0 Å². The molecule has 1 heterocycles. The van der Waals surface area contributed by atoms with Crippen LogP contribution < -0.4 is 5.32 Å². The number of carbonyl (C=O) groups excluding carboxylic acids is 1. The Bertz CT molecular complexity index is 858. The van der Waals surface area contributed by atoms with E-state index in [0.29, 0.717) is 29.8 Å². The molecule has 3 aromatic rings. The maximum Gasteiger partial charge on any atom is 0.236 e. The second-order valence-corrected chi connectivity index (χ2v) is 7.12. The summed E-state index contributed by atoms with van der Waals surface area (Å²) in [6.07, 6.45) is 0. The summed E-state index contributed by atoms with van der Waals surface area (Å²) in [4.78, 5) is 16.3. The van der Waals surface area contributed by atoms with Gasteiger partial charge in [-0.05, 0) is 19.4 Å². The smallest absolute Gasteiger partial charge is 0.236 e. The van der Waals surface area contributed by atoms with E-state index in [1.54, 1.807) is 0 Å². The van der Waals surface area contributed by atoms with E-state index in [1.165, 1.54) is 22.9 Å². The zero-order valence-corrected chi connectivity index (χ0v) is 15.7. The van der Waals surface area contributed by atoms with Crippen molar-refractivity contribution in [3.05, 3.63) is 71.1 Å². The lowest BCUT2D eigenvalue weighted by atomic mass is 10.1. The zero-order chi connectivity index (χ0) is 18.4. The molecule has 0 unspecified atom stereocenters. The van der Waals surface area contributed by atoms with E-state index in [2.05, 4.69) is 15.5 Å². The van der Waals surface area contributed by atoms with E-state index < -0.39 is 0 Å². The number of nitrogens with zero attached hydrogens (tertiary/aromatic N) is 2. The zero-order valence-electron chi connectivity index (χ0n) is 14.9. The summed E-state index contributed by atoms with van der Waals surface area (Å²) in [5.41, 5.74) is 4.41. The number of rotatable bonds is 7. The van der Waals surface area contributed by atoms with Crippen molar-refractivity contribution in [3.8, 4) is 11.4 Å². The topological polar surface area (TPSA) is 68.0 Å². The molecule has 0 atom stereocenters. The normalized spacial score (nSPS) is 10.7. The fourth-order valence-electron chi connectivity index (χ4n) is 2.32. The minimum absolute atomic E-state index is 0.00570. The first-order chi connectivity index (χ1) is 12.6. The SMILES string of the molecule is Cc1ccc(CNC(=O)CSCc2nc(-c3ccc(C)cc3)no2)cc1. The highest BCUT2D eigenvalue weighted by molar-refractivity contribution is 7.99. The first-order valence-electron chi connectivity index (χ1n) is 8.40. The van der Waals surface area contributed by atoms with Gasteiger partial charge in [0.2, 0.25) is 17.6 Å². The molecule has 3 rings (SSSR count). The number of hydrogen-bond acceptors (Lipinski definition) is 5. The number of thioether (sulfide) groups is 1. The van der Waals surface area contributed by atoms with Crippen LogP contribution in [0, 0.1) is 13.8 Å². The van der Waals surface area contributed by atoms with Crippen molar-refractivity contribution in [3.63, 3.8) is 0 Å². The number of aryl methyl sites for hydroxylation is 2. The molecule has 1 N–H and O–H groups in total. The summed E-state index contributed by atoms with van der Waals surface area (Å²) < 4.78 is 5.26. The van der Waals surface area contributed by atoms with Crippen molar-refractivity contribution in [2.24, 2.45) is 0 Å². The molecule has 0 aliphatic carbocycles. The predicted octanol–water partition coefficient (Wildman–Crippen LogP) is 3.90. The molecule has 0 aliphatic heterocycles. The average molecular weight is 367 g/mol. The van der Waals surface area contributed by atoms with Gasteiger partial charge in [0.1, 0.15) is 0 Å². The lowest BCUT2D eigenvalue weighted by molar-refractivity contribution is -0.118. The molecule has 134 valence electrons. The molecule has 0 saturated heterocycles. The van der Waals surface area contributed by atoms with E-state index >= 15 is 0 Å². The van der Waals surface area contributed by atoms with Gasteiger partial charge in [0.25, 0.3) is 0 Å². The minimum Gasteiger partial charge on any atom is -0.351 e. The molecule has 0 saturated carbocycles. The van der Waals surface area contributed by atoms with E-state index in [0.717, 1.165) is 11.1 Å². The van der Waals surface area contributed by atoms with Crippen LogP contribution in [0.1, 0.15) is 22.6 Å². The van der Waals surface area contributed by atoms with Gasteiger partial charge in [0.15, 0.2) is 0 Å². The van der Waals surface area contributed by atoms with Crippen molar-refractivity contribution in [2.75, 3.05) is 5.75 Å². The van der Waals surface area contributed by atoms with Gasteiger partial charge in [-0.25, -0.2) is 0 Å². The minimum atomic E-state index is -0.00570. The van der Waals surface area contributed by atoms with Gasteiger partial charge in [0.05, 0.1) is 11.5 Å². The molecule has 1 amide bonds. The Morgan fingerprint density at radius 3 is 2.38 bits per heavy atom. The number of carbonyl (C=O) groups is 1. The quantitative estimate of drug-likeness (QED) is 0.686. The summed E-state index contributed by atoms with van der Waals surface area (Å²) in [6, 6.07) is 16.1. The Morgan fingerprint density at radius 1 is 1.04 bits per heavy atom. The van der Waals surface area contributed by atoms with E-state index in [4.69, 9.17) is 4.52 Å². The van der Waals surface area contributed by atoms with Crippen molar-refractivity contribution in [2.45, 2.75) is 26.1 Å². The monoisotopic (exact) mass is 367 g/mol. The highest BCUT2D eigenvalue weighted by Crippen LogP contribution is 2.18. The molecule has 0 aliphatic rings. The highest BCUT2D eigenvalue weighted by atomic mass is 32.2. The van der Waals surface area contributed by atoms with E-state index in [1.807, 2.05) is 62.4 Å². The summed E-state index contributed by atoms with van der Waals surface area (Å²) in [5, 5.41) is 6.91. The number of hydrogen-bond donors (Lipinski definition) is 1. The Morgan fingerprint density at radius 2 is 1.69 bits per heavy atom. The van der Waals surface area contributed by atoms with E-state index in [9.17, 15) is 4.79 Å². The van der Waals surface area contributed by atoms with Crippen LogP contribution in [0.4, 0.5) is 0 Å². The molecule has 0 radical (unpaired) electrons. The number of amides is 1. The number of benzene rings is 2. The van der Waals surface area contributed by atoms with Crippen LogP contribution in [-0.2, 0) is 17.1 Å². The Labute approximate surface area is 157 Å². The van der Waals surface area contributed by atoms with Crippen molar-refractivity contribution < 1.29 is 9.32 Å². The molecule has 0 bridgehead atoms. The second-order valence-electron chi connectivity index (χ2n) is 6.13. The first-order valence-corrected chi connectivity index (χ1v) is 9.55. The fraction of sp³-hybridized carbons (Fsp3) is 0.250. The third-order valence-corrected chi connectivity index (χ3v) is 4.76. The maximum absolute atomic E-state index is 11.9. The molecule has 6 heteroatoms. The molecule has 5 nitrogen and oxygen atoms in total. The Kier molecular flexibility index (Phi) is 6.07. The van der Waals surface area contributed by atoms with Crippen LogP contribution in [0.3, 0.4) is 0 Å². The maximum atomic E-state index is 11.9. The van der Waals surface area contributed by atoms with Crippen LogP contribution in [0.5, 0.6) is 0 Å². The average Bonchev–Trinajstić information content (AvgIpc) is 3.11. The van der Waals surface area contributed by atoms with Crippen molar-refractivity contribution in [1.82, 2.24) is 15.5 Å². The second kappa shape index (κ2) is 8.67. The molecule has 2 aromatic carbocycles. The molecule has 0 spiro atoms. The summed E-state index contributed by atoms with van der Waals surface area (Å²) in [5.74, 6) is 1.96. The standard InChI is InChI=1S/C20H21N3O2S/c1-14-3-7-16(8-4-14)11-21-18(24)12-26-13-19-22-20(23-25-19)17-9-5-15(2)6-10-17/h3-10H,11-13H2,1-2H3,(H,21,24). The number of nitrogens with one attached hydrogen (secondary N) is 1. The lowest BCUT2D eigenvalue weighted by Crippen LogP contribution is -2.24. The van der Waals surface area contributed by atoms with E-state index in [-0.39, 0.29) is 5.91 Å². The van der Waals surface area contributed by atoms with Gasteiger partial charge in [0, 0.05) is 12.1 Å². The third-order valence-electron chi connectivity index (χ3n) is 3.85. The summed E-state index contributed by atoms with van der Waals surface area (Å²) in [6.45, 7) is 4.62. The van der Waals surface area contributed by atoms with Crippen LogP contribution >= 0.6 is 11.8 Å². The predicted molar refractivity (Wildman–Crippen MR) is 104 cm³/mol. The van der Waals surface area contributed by atoms with Crippen molar-refractivity contribution >= 4 is 17.7 Å². The molecule has 26 heavy (non-hydrogen) atoms. The molecular formula is C20H21N3O2S. The van der Waals surface area contributed by atoms with Gasteiger partial charge >= 0.3 is 0 Å². The molecular weight excluding hydrogens is 346 g/mol. The Hall–Kier alpha value is -2.60. The van der Waals surface area contributed by atoms with Crippen LogP contribution in [0.15, 0.2) is 53.1 Å². The van der Waals surface area contributed by atoms with Gasteiger partial charge in [-0.3, -0.25) is 4.79 Å². The van der Waals surface area contributed by atoms with Gasteiger partial charge in [-0.15, -0.1) is 11.8 Å². The summed E-state index contributed by atoms with van der Waals surface area (Å²) in [7, 11) is 0. The fourth-order valence-corrected chi connectivity index (χ4v) is 3.00. The third kappa shape index (κ3) is 5.20. The number of aromatic nitrogens is 2. The molecule has 0 fully saturated rings. The highest BCUT2D eigenvalue weighted by Gasteiger charge is 2.09. The molecule has 1 aromatic heterocycles. The van der Waals surface area contributed by atoms with Gasteiger partial charge < -0.3 is 9.84 Å². The van der Waals surface area contributed by atoms with Crippen LogP contribution in [-0.4, -0.2) is 21.8 Å². The van der Waals surface area contributed by atoms with Gasteiger partial charge in [-0.1, -0.05) is 64.8 Å². The summed E-state index contributed by atoms with van der Waals surface area (Å²) >= 11 is 1.45. The Balaban J connectivity index is 1.42.